The first-order valence-corrected chi connectivity index (χ1v) is 2.87. The summed E-state index contributed by atoms with van der Waals surface area (Å²) in [5.74, 6) is -1.13. The Bertz CT molecular complexity index is 130. The minimum atomic E-state index is -0.582. The molecule has 0 saturated heterocycles. The van der Waals surface area contributed by atoms with Crippen LogP contribution in [-0.4, -0.2) is 25.7 Å². The van der Waals surface area contributed by atoms with E-state index >= 15 is 0 Å². The van der Waals surface area contributed by atoms with Crippen molar-refractivity contribution in [2.45, 2.75) is 13.3 Å². The van der Waals surface area contributed by atoms with Gasteiger partial charge in [0.1, 0.15) is 0 Å². The Hall–Kier alpha value is -0.900. The molecule has 0 amide bonds. The van der Waals surface area contributed by atoms with Crippen molar-refractivity contribution in [3.63, 3.8) is 0 Å². The molecule has 4 heteroatoms. The smallest absolute Gasteiger partial charge is 0.315 e. The fourth-order valence-electron chi connectivity index (χ4n) is 0.397. The van der Waals surface area contributed by atoms with Gasteiger partial charge in [0, 0.05) is 14.0 Å². The quantitative estimate of drug-likeness (QED) is 0.419. The molecule has 0 aliphatic heterocycles. The molecule has 10 heavy (non-hydrogen) atoms. The minimum absolute atomic E-state index is 0.121. The fraction of sp³-hybridized carbons (Fsp3) is 0.667. The Morgan fingerprint density at radius 2 is 2.00 bits per heavy atom. The van der Waals surface area contributed by atoms with E-state index in [4.69, 9.17) is 0 Å². The lowest BCUT2D eigenvalue weighted by molar-refractivity contribution is -0.158. The number of rotatable bonds is 3. The van der Waals surface area contributed by atoms with E-state index in [9.17, 15) is 9.59 Å². The molecule has 0 aromatic carbocycles. The van der Waals surface area contributed by atoms with E-state index in [1.807, 2.05) is 0 Å². The Balaban J connectivity index is 3.35. The Labute approximate surface area is 59.1 Å². The standard InChI is InChI=1S/C6H10O4/c1-5(7)10-6(8)3-4-9-2/h3-4H2,1-2H3. The Kier molecular flexibility index (Phi) is 4.49. The predicted octanol–water partition coefficient (Wildman–Crippen LogP) is 0.113. The molecule has 0 bridgehead atoms. The summed E-state index contributed by atoms with van der Waals surface area (Å²) < 4.78 is 8.78. The lowest BCUT2D eigenvalue weighted by atomic mass is 10.5. The molecule has 0 heterocycles. The zero-order chi connectivity index (χ0) is 7.98. The van der Waals surface area contributed by atoms with Crippen LogP contribution >= 0.6 is 0 Å². The van der Waals surface area contributed by atoms with Gasteiger partial charge in [-0.05, 0) is 0 Å². The van der Waals surface area contributed by atoms with Crippen molar-refractivity contribution in [1.29, 1.82) is 0 Å². The van der Waals surface area contributed by atoms with Crippen LogP contribution in [0.4, 0.5) is 0 Å². The third kappa shape index (κ3) is 5.24. The van der Waals surface area contributed by atoms with Crippen LogP contribution in [0.25, 0.3) is 0 Å². The third-order valence-corrected chi connectivity index (χ3v) is 0.768. The van der Waals surface area contributed by atoms with E-state index in [-0.39, 0.29) is 13.0 Å². The van der Waals surface area contributed by atoms with Crippen molar-refractivity contribution in [2.75, 3.05) is 13.7 Å². The van der Waals surface area contributed by atoms with Crippen LogP contribution in [0, 0.1) is 0 Å². The maximum absolute atomic E-state index is 10.5. The summed E-state index contributed by atoms with van der Waals surface area (Å²) in [5, 5.41) is 0. The van der Waals surface area contributed by atoms with Gasteiger partial charge in [-0.15, -0.1) is 0 Å². The van der Waals surface area contributed by atoms with Gasteiger partial charge in [0.05, 0.1) is 13.0 Å². The highest BCUT2D eigenvalue weighted by Gasteiger charge is 2.03. The molecule has 0 N–H and O–H groups in total. The van der Waals surface area contributed by atoms with Gasteiger partial charge in [-0.1, -0.05) is 0 Å². The molecule has 58 valence electrons. The predicted molar refractivity (Wildman–Crippen MR) is 33.3 cm³/mol. The van der Waals surface area contributed by atoms with Crippen molar-refractivity contribution in [2.24, 2.45) is 0 Å². The summed E-state index contributed by atoms with van der Waals surface area (Å²) in [4.78, 5) is 20.6. The largest absolute Gasteiger partial charge is 0.393 e. The summed E-state index contributed by atoms with van der Waals surface area (Å²) in [6.45, 7) is 1.47. The third-order valence-electron chi connectivity index (χ3n) is 0.768. The average molecular weight is 146 g/mol. The van der Waals surface area contributed by atoms with Crippen molar-refractivity contribution in [3.05, 3.63) is 0 Å². The van der Waals surface area contributed by atoms with Crippen LogP contribution in [0.3, 0.4) is 0 Å². The number of hydrogen-bond acceptors (Lipinski definition) is 4. The average Bonchev–Trinajstić information content (AvgIpc) is 1.82. The number of esters is 2. The molecule has 0 rings (SSSR count). The molecule has 0 spiro atoms. The highest BCUT2D eigenvalue weighted by Crippen LogP contribution is 1.86. The lowest BCUT2D eigenvalue weighted by Crippen LogP contribution is -2.10. The second kappa shape index (κ2) is 4.93. The number of carbonyl (C=O) groups is 2. The van der Waals surface area contributed by atoms with Gasteiger partial charge in [0.25, 0.3) is 0 Å². The van der Waals surface area contributed by atoms with E-state index in [1.165, 1.54) is 14.0 Å². The van der Waals surface area contributed by atoms with Crippen molar-refractivity contribution in [1.82, 2.24) is 0 Å². The highest BCUT2D eigenvalue weighted by molar-refractivity contribution is 5.84. The van der Waals surface area contributed by atoms with Gasteiger partial charge < -0.3 is 9.47 Å². The summed E-state index contributed by atoms with van der Waals surface area (Å²) in [5.41, 5.74) is 0. The number of methoxy groups -OCH3 is 1. The van der Waals surface area contributed by atoms with Gasteiger partial charge in [-0.3, -0.25) is 9.59 Å². The highest BCUT2D eigenvalue weighted by atomic mass is 16.6. The SMILES string of the molecule is COCCC(=O)OC(C)=O. The summed E-state index contributed by atoms with van der Waals surface area (Å²) in [6.07, 6.45) is 0.121. The number of carbonyl (C=O) groups excluding carboxylic acids is 2. The summed E-state index contributed by atoms with van der Waals surface area (Å²) in [7, 11) is 1.47. The maximum Gasteiger partial charge on any atom is 0.315 e. The lowest BCUT2D eigenvalue weighted by Gasteiger charge is -1.97. The maximum atomic E-state index is 10.5. The summed E-state index contributed by atoms with van der Waals surface area (Å²) in [6, 6.07) is 0. The van der Waals surface area contributed by atoms with Crippen LogP contribution in [-0.2, 0) is 19.1 Å². The molecule has 0 aliphatic carbocycles. The molecule has 0 fully saturated rings. The zero-order valence-electron chi connectivity index (χ0n) is 6.05. The van der Waals surface area contributed by atoms with E-state index in [2.05, 4.69) is 9.47 Å². The first kappa shape index (κ1) is 9.10. The van der Waals surface area contributed by atoms with E-state index in [0.717, 1.165) is 0 Å². The van der Waals surface area contributed by atoms with Crippen LogP contribution < -0.4 is 0 Å². The van der Waals surface area contributed by atoms with Gasteiger partial charge in [0.15, 0.2) is 0 Å². The van der Waals surface area contributed by atoms with Crippen LogP contribution in [0.5, 0.6) is 0 Å². The van der Waals surface area contributed by atoms with Gasteiger partial charge in [0.2, 0.25) is 0 Å². The van der Waals surface area contributed by atoms with Gasteiger partial charge in [-0.2, -0.15) is 0 Å². The topological polar surface area (TPSA) is 52.6 Å². The van der Waals surface area contributed by atoms with Crippen LogP contribution in [0.2, 0.25) is 0 Å². The second-order valence-corrected chi connectivity index (χ2v) is 1.71. The van der Waals surface area contributed by atoms with Crippen molar-refractivity contribution >= 4 is 11.9 Å². The molecule has 0 aromatic rings. The molecule has 0 unspecified atom stereocenters. The Morgan fingerprint density at radius 3 is 2.40 bits per heavy atom. The molecular weight excluding hydrogens is 136 g/mol. The van der Waals surface area contributed by atoms with E-state index in [1.54, 1.807) is 0 Å². The van der Waals surface area contributed by atoms with E-state index < -0.39 is 11.9 Å². The molecule has 0 saturated carbocycles. The van der Waals surface area contributed by atoms with Crippen LogP contribution in [0.15, 0.2) is 0 Å². The van der Waals surface area contributed by atoms with Gasteiger partial charge >= 0.3 is 11.9 Å². The molecule has 0 radical (unpaired) electrons. The molecule has 0 aliphatic rings. The second-order valence-electron chi connectivity index (χ2n) is 1.71. The molecule has 0 aromatic heterocycles. The molecular formula is C6H10O4. The van der Waals surface area contributed by atoms with Crippen molar-refractivity contribution < 1.29 is 19.1 Å². The summed E-state index contributed by atoms with van der Waals surface area (Å²) >= 11 is 0. The monoisotopic (exact) mass is 146 g/mol. The van der Waals surface area contributed by atoms with Gasteiger partial charge in [-0.25, -0.2) is 0 Å². The fourth-order valence-corrected chi connectivity index (χ4v) is 0.397. The first-order chi connectivity index (χ1) is 4.66. The first-order valence-electron chi connectivity index (χ1n) is 2.87. The number of ether oxygens (including phenoxy) is 2. The molecule has 4 nitrogen and oxygen atoms in total. The van der Waals surface area contributed by atoms with Crippen LogP contribution in [0.1, 0.15) is 13.3 Å². The molecule has 0 atom stereocenters. The van der Waals surface area contributed by atoms with E-state index in [0.29, 0.717) is 0 Å². The number of hydrogen-bond donors (Lipinski definition) is 0. The van der Waals surface area contributed by atoms with Crippen molar-refractivity contribution in [3.8, 4) is 0 Å². The normalized spacial score (nSPS) is 9.00. The zero-order valence-corrected chi connectivity index (χ0v) is 6.05. The Morgan fingerprint density at radius 1 is 1.40 bits per heavy atom. The minimum Gasteiger partial charge on any atom is -0.393 e.